The maximum absolute atomic E-state index is 14.0. The van der Waals surface area contributed by atoms with E-state index < -0.39 is 21.4 Å². The Balaban J connectivity index is 1.91. The molecule has 0 saturated heterocycles. The fraction of sp³-hybridized carbons (Fsp3) is 0.160. The molecular formula is C25H22FNO3S. The van der Waals surface area contributed by atoms with Crippen LogP contribution < -0.4 is 4.90 Å². The van der Waals surface area contributed by atoms with Crippen molar-refractivity contribution in [3.05, 3.63) is 99.8 Å². The van der Waals surface area contributed by atoms with Gasteiger partial charge in [0.25, 0.3) is 0 Å². The van der Waals surface area contributed by atoms with Crippen LogP contribution in [0.15, 0.2) is 76.7 Å². The Morgan fingerprint density at radius 1 is 0.935 bits per heavy atom. The van der Waals surface area contributed by atoms with Gasteiger partial charge >= 0.3 is 0 Å². The molecule has 1 heterocycles. The predicted molar refractivity (Wildman–Crippen MR) is 120 cm³/mol. The number of allylic oxidation sites excluding steroid dienone is 1. The highest BCUT2D eigenvalue weighted by Crippen LogP contribution is 2.41. The van der Waals surface area contributed by atoms with Gasteiger partial charge in [-0.3, -0.25) is 4.79 Å². The van der Waals surface area contributed by atoms with Gasteiger partial charge in [-0.1, -0.05) is 37.3 Å². The summed E-state index contributed by atoms with van der Waals surface area (Å²) in [4.78, 5) is 14.3. The van der Waals surface area contributed by atoms with Crippen LogP contribution in [-0.4, -0.2) is 14.2 Å². The molecule has 158 valence electrons. The number of nitrogens with zero attached hydrogens (tertiary/aromatic N) is 1. The number of anilines is 2. The van der Waals surface area contributed by atoms with Crippen LogP contribution in [0.25, 0.3) is 0 Å². The number of sulfone groups is 1. The van der Waals surface area contributed by atoms with E-state index in [1.807, 2.05) is 39.0 Å². The molecule has 6 heteroatoms. The van der Waals surface area contributed by atoms with Crippen LogP contribution in [-0.2, 0) is 16.3 Å². The number of carbonyl (C=O) groups excluding carboxylic acids is 1. The van der Waals surface area contributed by atoms with E-state index in [1.54, 1.807) is 29.2 Å². The van der Waals surface area contributed by atoms with Crippen molar-refractivity contribution >= 4 is 27.0 Å². The summed E-state index contributed by atoms with van der Waals surface area (Å²) in [6.45, 7) is 5.93. The zero-order valence-electron chi connectivity index (χ0n) is 17.5. The van der Waals surface area contributed by atoms with E-state index >= 15 is 0 Å². The van der Waals surface area contributed by atoms with Crippen molar-refractivity contribution < 1.29 is 17.6 Å². The van der Waals surface area contributed by atoms with Gasteiger partial charge in [-0.2, -0.15) is 0 Å². The van der Waals surface area contributed by atoms with Gasteiger partial charge in [0.15, 0.2) is 0 Å². The van der Waals surface area contributed by atoms with Gasteiger partial charge in [-0.25, -0.2) is 12.8 Å². The summed E-state index contributed by atoms with van der Waals surface area (Å²) >= 11 is 0. The number of halogens is 1. The number of rotatable bonds is 4. The number of hydrogen-bond donors (Lipinski definition) is 0. The number of hydrogen-bond acceptors (Lipinski definition) is 4. The lowest BCUT2D eigenvalue weighted by Gasteiger charge is -2.29. The fourth-order valence-corrected chi connectivity index (χ4v) is 5.13. The first kappa shape index (κ1) is 21.0. The molecule has 4 nitrogen and oxygen atoms in total. The summed E-state index contributed by atoms with van der Waals surface area (Å²) in [6.07, 6.45) is 2.15. The minimum Gasteiger partial charge on any atom is -0.314 e. The highest BCUT2D eigenvalue weighted by Gasteiger charge is 2.36. The second kappa shape index (κ2) is 7.78. The van der Waals surface area contributed by atoms with Gasteiger partial charge in [0.2, 0.25) is 15.6 Å². The maximum Gasteiger partial charge on any atom is 0.214 e. The summed E-state index contributed by atoms with van der Waals surface area (Å²) in [6, 6.07) is 16.2. The third-order valence-electron chi connectivity index (χ3n) is 5.62. The molecule has 0 saturated carbocycles. The molecule has 0 fully saturated rings. The summed E-state index contributed by atoms with van der Waals surface area (Å²) in [5, 5.41) is 0. The van der Waals surface area contributed by atoms with Crippen molar-refractivity contribution in [1.82, 2.24) is 0 Å². The fourth-order valence-electron chi connectivity index (χ4n) is 3.58. The molecule has 1 aliphatic rings. The maximum atomic E-state index is 14.0. The molecule has 4 rings (SSSR count). The Hall–Kier alpha value is -3.25. The third kappa shape index (κ3) is 3.68. The largest absolute Gasteiger partial charge is 0.314 e. The average molecular weight is 436 g/mol. The Morgan fingerprint density at radius 2 is 1.65 bits per heavy atom. The standard InChI is InChI=1S/C25H22FNO3S/c1-4-18-6-8-19(9-7-18)25(28)24-15-27(21-11-5-16(2)17(3)13-21)22-12-10-20(26)14-23(22)31(24,29)30/h5-15H,4H2,1-3H3. The number of benzene rings is 3. The Labute approximate surface area is 181 Å². The summed E-state index contributed by atoms with van der Waals surface area (Å²) in [5.74, 6) is -1.30. The molecule has 0 aromatic heterocycles. The van der Waals surface area contributed by atoms with Gasteiger partial charge in [0, 0.05) is 17.5 Å². The molecule has 31 heavy (non-hydrogen) atoms. The van der Waals surface area contributed by atoms with Crippen LogP contribution in [0.4, 0.5) is 15.8 Å². The zero-order chi connectivity index (χ0) is 22.3. The Morgan fingerprint density at radius 3 is 2.29 bits per heavy atom. The van der Waals surface area contributed by atoms with Crippen LogP contribution >= 0.6 is 0 Å². The lowest BCUT2D eigenvalue weighted by Crippen LogP contribution is -2.26. The molecule has 0 bridgehead atoms. The first-order valence-corrected chi connectivity index (χ1v) is 11.5. The second-order valence-corrected chi connectivity index (χ2v) is 9.51. The molecule has 0 N–H and O–H groups in total. The molecule has 3 aromatic carbocycles. The van der Waals surface area contributed by atoms with Gasteiger partial charge in [-0.05, 0) is 67.3 Å². The van der Waals surface area contributed by atoms with Gasteiger partial charge in [-0.15, -0.1) is 0 Å². The summed E-state index contributed by atoms with van der Waals surface area (Å²) < 4.78 is 40.7. The lowest BCUT2D eigenvalue weighted by atomic mass is 10.1. The monoisotopic (exact) mass is 435 g/mol. The van der Waals surface area contributed by atoms with Gasteiger partial charge in [0.1, 0.15) is 10.7 Å². The van der Waals surface area contributed by atoms with Gasteiger partial charge in [0.05, 0.1) is 10.6 Å². The van der Waals surface area contributed by atoms with Crippen LogP contribution in [0, 0.1) is 19.7 Å². The number of aryl methyl sites for hydroxylation is 3. The number of ketones is 1. The molecule has 3 aromatic rings. The van der Waals surface area contributed by atoms with E-state index in [9.17, 15) is 17.6 Å². The van der Waals surface area contributed by atoms with Crippen LogP contribution in [0.1, 0.15) is 34.0 Å². The SMILES string of the molecule is CCc1ccc(C(=O)C2=CN(c3ccc(C)c(C)c3)c3ccc(F)cc3S2(=O)=O)cc1. The van der Waals surface area contributed by atoms with Crippen molar-refractivity contribution in [2.24, 2.45) is 0 Å². The molecule has 0 amide bonds. The van der Waals surface area contributed by atoms with E-state index in [4.69, 9.17) is 0 Å². The number of Topliss-reactive ketones (excluding diaryl/α,β-unsaturated/α-hetero) is 1. The Kier molecular flexibility index (Phi) is 5.27. The highest BCUT2D eigenvalue weighted by molar-refractivity contribution is 7.96. The summed E-state index contributed by atoms with van der Waals surface area (Å²) in [5.41, 5.74) is 4.42. The topological polar surface area (TPSA) is 54.5 Å². The van der Waals surface area contributed by atoms with Crippen molar-refractivity contribution in [2.75, 3.05) is 4.90 Å². The van der Waals surface area contributed by atoms with E-state index in [1.165, 1.54) is 18.3 Å². The van der Waals surface area contributed by atoms with Crippen molar-refractivity contribution in [2.45, 2.75) is 32.1 Å². The van der Waals surface area contributed by atoms with E-state index in [0.29, 0.717) is 11.4 Å². The van der Waals surface area contributed by atoms with Crippen molar-refractivity contribution in [3.63, 3.8) is 0 Å². The average Bonchev–Trinajstić information content (AvgIpc) is 2.76. The summed E-state index contributed by atoms with van der Waals surface area (Å²) in [7, 11) is -4.20. The quantitative estimate of drug-likeness (QED) is 0.497. The molecular weight excluding hydrogens is 413 g/mol. The normalized spacial score (nSPS) is 14.7. The molecule has 1 aliphatic heterocycles. The molecule has 0 radical (unpaired) electrons. The van der Waals surface area contributed by atoms with E-state index in [2.05, 4.69) is 0 Å². The minimum atomic E-state index is -4.20. The number of carbonyl (C=O) groups is 1. The van der Waals surface area contributed by atoms with Crippen LogP contribution in [0.3, 0.4) is 0 Å². The first-order chi connectivity index (χ1) is 14.7. The van der Waals surface area contributed by atoms with Crippen molar-refractivity contribution in [3.8, 4) is 0 Å². The third-order valence-corrected chi connectivity index (χ3v) is 7.40. The molecule has 0 spiro atoms. The van der Waals surface area contributed by atoms with Crippen molar-refractivity contribution in [1.29, 1.82) is 0 Å². The molecule has 0 aliphatic carbocycles. The van der Waals surface area contributed by atoms with Gasteiger partial charge < -0.3 is 4.90 Å². The van der Waals surface area contributed by atoms with E-state index in [-0.39, 0.29) is 15.4 Å². The minimum absolute atomic E-state index is 0.221. The molecule has 0 atom stereocenters. The Bertz CT molecular complexity index is 1330. The molecule has 0 unspecified atom stereocenters. The lowest BCUT2D eigenvalue weighted by molar-refractivity contribution is 0.104. The second-order valence-electron chi connectivity index (χ2n) is 7.63. The smallest absolute Gasteiger partial charge is 0.214 e. The first-order valence-electron chi connectivity index (χ1n) is 9.99. The van der Waals surface area contributed by atoms with Crippen LogP contribution in [0.5, 0.6) is 0 Å². The number of fused-ring (bicyclic) bond motifs is 1. The predicted octanol–water partition coefficient (Wildman–Crippen LogP) is 5.65. The van der Waals surface area contributed by atoms with E-state index in [0.717, 1.165) is 29.2 Å². The zero-order valence-corrected chi connectivity index (χ0v) is 18.3. The highest BCUT2D eigenvalue weighted by atomic mass is 32.2. The van der Waals surface area contributed by atoms with Crippen LogP contribution in [0.2, 0.25) is 0 Å².